The molecule has 2 unspecified atom stereocenters. The first-order valence-electron chi connectivity index (χ1n) is 12.5. The molecule has 2 amide bonds. The Balaban J connectivity index is 0.000000179. The van der Waals surface area contributed by atoms with Crippen molar-refractivity contribution in [1.82, 2.24) is 15.5 Å². The van der Waals surface area contributed by atoms with Gasteiger partial charge in [-0.15, -0.1) is 0 Å². The zero-order valence-electron chi connectivity index (χ0n) is 20.7. The maximum Gasteiger partial charge on any atom is 0.262 e. The Kier molecular flexibility index (Phi) is 7.55. The van der Waals surface area contributed by atoms with E-state index < -0.39 is 6.04 Å². The molecule has 0 aliphatic carbocycles. The molecule has 6 nitrogen and oxygen atoms in total. The fourth-order valence-corrected chi connectivity index (χ4v) is 4.98. The number of halogens is 2. The summed E-state index contributed by atoms with van der Waals surface area (Å²) in [4.78, 5) is 26.8. The zero-order chi connectivity index (χ0) is 26.6. The average molecular weight is 515 g/mol. The summed E-state index contributed by atoms with van der Waals surface area (Å²) in [7, 11) is 0. The first-order valence-corrected chi connectivity index (χ1v) is 12.5. The second-order valence-electron chi connectivity index (χ2n) is 9.30. The Labute approximate surface area is 219 Å². The van der Waals surface area contributed by atoms with Gasteiger partial charge in [0.2, 0.25) is 0 Å². The standard InChI is InChI=1S/C19H15FN2O2.C11H13FN2/c20-13-7-5-12(6-8-13)14-9-10-21-11-17(14)22-18(23)15-3-1-2-4-16(15)19(22)24;12-9-3-1-8(2-4-9)10-5-6-14-7-11(10)13/h1-9,17,21H,10-11H2;1-5,11,14H,6-7,13H2. The van der Waals surface area contributed by atoms with Crippen molar-refractivity contribution < 1.29 is 18.4 Å². The van der Waals surface area contributed by atoms with Gasteiger partial charge in [-0.05, 0) is 58.7 Å². The van der Waals surface area contributed by atoms with E-state index in [-0.39, 0.29) is 29.5 Å². The van der Waals surface area contributed by atoms with E-state index in [1.54, 1.807) is 48.5 Å². The van der Waals surface area contributed by atoms with E-state index in [1.807, 2.05) is 6.08 Å². The summed E-state index contributed by atoms with van der Waals surface area (Å²) >= 11 is 0. The van der Waals surface area contributed by atoms with E-state index in [9.17, 15) is 18.4 Å². The molecule has 0 aromatic heterocycles. The largest absolute Gasteiger partial charge is 0.323 e. The zero-order valence-corrected chi connectivity index (χ0v) is 20.7. The normalized spacial score (nSPS) is 20.8. The van der Waals surface area contributed by atoms with Crippen molar-refractivity contribution in [2.24, 2.45) is 5.73 Å². The summed E-state index contributed by atoms with van der Waals surface area (Å²) in [5.41, 5.74) is 10.6. The van der Waals surface area contributed by atoms with Crippen LogP contribution in [0.25, 0.3) is 11.1 Å². The SMILES string of the molecule is NC1CNCC=C1c1ccc(F)cc1.O=C1c2ccccc2C(=O)N1C1CNCC=C1c1ccc(F)cc1. The molecule has 8 heteroatoms. The molecule has 2 atom stereocenters. The van der Waals surface area contributed by atoms with Crippen LogP contribution in [-0.2, 0) is 0 Å². The maximum atomic E-state index is 13.2. The van der Waals surface area contributed by atoms with Gasteiger partial charge in [0.25, 0.3) is 11.8 Å². The Hall–Kier alpha value is -3.98. The second-order valence-corrected chi connectivity index (χ2v) is 9.30. The third-order valence-corrected chi connectivity index (χ3v) is 6.89. The highest BCUT2D eigenvalue weighted by Crippen LogP contribution is 2.31. The van der Waals surface area contributed by atoms with E-state index in [4.69, 9.17) is 5.73 Å². The molecule has 4 N–H and O–H groups in total. The van der Waals surface area contributed by atoms with Crippen LogP contribution in [0.1, 0.15) is 31.8 Å². The van der Waals surface area contributed by atoms with Crippen LogP contribution in [0.15, 0.2) is 84.9 Å². The number of nitrogens with two attached hydrogens (primary N) is 1. The lowest BCUT2D eigenvalue weighted by molar-refractivity contribution is 0.0618. The predicted molar refractivity (Wildman–Crippen MR) is 143 cm³/mol. The van der Waals surface area contributed by atoms with E-state index in [2.05, 4.69) is 16.7 Å². The first-order chi connectivity index (χ1) is 18.4. The fraction of sp³-hybridized carbons (Fsp3) is 0.200. The van der Waals surface area contributed by atoms with Gasteiger partial charge in [-0.1, -0.05) is 48.6 Å². The van der Waals surface area contributed by atoms with Crippen LogP contribution in [0, 0.1) is 11.6 Å². The minimum Gasteiger partial charge on any atom is -0.323 e. The van der Waals surface area contributed by atoms with Crippen LogP contribution in [-0.4, -0.2) is 55.0 Å². The van der Waals surface area contributed by atoms with Gasteiger partial charge in [-0.25, -0.2) is 8.78 Å². The van der Waals surface area contributed by atoms with Crippen LogP contribution in [0.4, 0.5) is 8.78 Å². The number of amides is 2. The number of imide groups is 1. The van der Waals surface area contributed by atoms with Crippen molar-refractivity contribution in [3.8, 4) is 0 Å². The Morgan fingerprint density at radius 1 is 0.684 bits per heavy atom. The van der Waals surface area contributed by atoms with Gasteiger partial charge < -0.3 is 16.4 Å². The van der Waals surface area contributed by atoms with E-state index in [0.717, 1.165) is 35.4 Å². The summed E-state index contributed by atoms with van der Waals surface area (Å²) in [5.74, 6) is -1.09. The third-order valence-electron chi connectivity index (χ3n) is 6.89. The minimum atomic E-state index is -0.406. The highest BCUT2D eigenvalue weighted by molar-refractivity contribution is 6.22. The summed E-state index contributed by atoms with van der Waals surface area (Å²) in [6.07, 6.45) is 4.01. The lowest BCUT2D eigenvalue weighted by Crippen LogP contribution is -2.48. The molecule has 3 heterocycles. The molecule has 0 spiro atoms. The van der Waals surface area contributed by atoms with Crippen LogP contribution >= 0.6 is 0 Å². The number of carbonyl (C=O) groups is 2. The molecule has 0 radical (unpaired) electrons. The highest BCUT2D eigenvalue weighted by atomic mass is 19.1. The molecule has 0 fully saturated rings. The summed E-state index contributed by atoms with van der Waals surface area (Å²) < 4.78 is 25.9. The van der Waals surface area contributed by atoms with Gasteiger partial charge in [0, 0.05) is 32.2 Å². The Morgan fingerprint density at radius 3 is 1.68 bits per heavy atom. The number of rotatable bonds is 3. The summed E-state index contributed by atoms with van der Waals surface area (Å²) in [6.45, 7) is 2.74. The molecule has 0 saturated heterocycles. The lowest BCUT2D eigenvalue weighted by Gasteiger charge is -2.32. The Bertz CT molecular complexity index is 1370. The molecule has 0 saturated carbocycles. The van der Waals surface area contributed by atoms with Crippen molar-refractivity contribution in [1.29, 1.82) is 0 Å². The second kappa shape index (κ2) is 11.2. The molecule has 3 aromatic rings. The van der Waals surface area contributed by atoms with Crippen molar-refractivity contribution in [2.45, 2.75) is 12.1 Å². The van der Waals surface area contributed by atoms with Gasteiger partial charge in [-0.2, -0.15) is 0 Å². The van der Waals surface area contributed by atoms with E-state index in [1.165, 1.54) is 29.2 Å². The molecular formula is C30H28F2N4O2. The topological polar surface area (TPSA) is 87.5 Å². The number of nitrogens with one attached hydrogen (secondary N) is 2. The van der Waals surface area contributed by atoms with Crippen LogP contribution < -0.4 is 16.4 Å². The number of nitrogens with zero attached hydrogens (tertiary/aromatic N) is 1. The monoisotopic (exact) mass is 514 g/mol. The van der Waals surface area contributed by atoms with E-state index in [0.29, 0.717) is 24.2 Å². The number of fused-ring (bicyclic) bond motifs is 1. The molecule has 3 aliphatic rings. The summed E-state index contributed by atoms with van der Waals surface area (Å²) in [5, 5.41) is 6.36. The quantitative estimate of drug-likeness (QED) is 0.465. The minimum absolute atomic E-state index is 0.00853. The van der Waals surface area contributed by atoms with Gasteiger partial charge in [0.15, 0.2) is 0 Å². The summed E-state index contributed by atoms with van der Waals surface area (Å²) in [6, 6.07) is 19.1. The molecule has 3 aliphatic heterocycles. The van der Waals surface area contributed by atoms with Gasteiger partial charge in [0.1, 0.15) is 11.6 Å². The number of hydrogen-bond donors (Lipinski definition) is 3. The molecule has 3 aromatic carbocycles. The number of carbonyl (C=O) groups excluding carboxylic acids is 2. The van der Waals surface area contributed by atoms with Gasteiger partial charge in [0.05, 0.1) is 17.2 Å². The van der Waals surface area contributed by atoms with E-state index >= 15 is 0 Å². The predicted octanol–water partition coefficient (Wildman–Crippen LogP) is 3.62. The maximum absolute atomic E-state index is 13.2. The van der Waals surface area contributed by atoms with Crippen molar-refractivity contribution in [3.05, 3.63) is 119 Å². The number of benzene rings is 3. The van der Waals surface area contributed by atoms with Crippen LogP contribution in [0.2, 0.25) is 0 Å². The van der Waals surface area contributed by atoms with Crippen LogP contribution in [0.3, 0.4) is 0 Å². The average Bonchev–Trinajstić information content (AvgIpc) is 3.20. The molecule has 38 heavy (non-hydrogen) atoms. The first kappa shape index (κ1) is 25.7. The lowest BCUT2D eigenvalue weighted by atomic mass is 9.94. The highest BCUT2D eigenvalue weighted by Gasteiger charge is 2.41. The fourth-order valence-electron chi connectivity index (χ4n) is 4.98. The van der Waals surface area contributed by atoms with Crippen molar-refractivity contribution >= 4 is 23.0 Å². The smallest absolute Gasteiger partial charge is 0.262 e. The van der Waals surface area contributed by atoms with Crippen LogP contribution in [0.5, 0.6) is 0 Å². The van der Waals surface area contributed by atoms with Gasteiger partial charge in [-0.3, -0.25) is 14.5 Å². The molecular weight excluding hydrogens is 486 g/mol. The number of hydrogen-bond acceptors (Lipinski definition) is 5. The third kappa shape index (κ3) is 5.19. The van der Waals surface area contributed by atoms with Crippen molar-refractivity contribution in [2.75, 3.05) is 26.2 Å². The molecule has 6 rings (SSSR count). The molecule has 194 valence electrons. The van der Waals surface area contributed by atoms with Gasteiger partial charge >= 0.3 is 0 Å². The Morgan fingerprint density at radius 2 is 1.16 bits per heavy atom. The molecule has 0 bridgehead atoms. The van der Waals surface area contributed by atoms with Crippen molar-refractivity contribution in [3.63, 3.8) is 0 Å².